The third-order valence-electron chi connectivity index (χ3n) is 4.51. The Bertz CT molecular complexity index is 1050. The second kappa shape index (κ2) is 13.6. The Hall–Kier alpha value is -3.85. The molecule has 8 nitrogen and oxygen atoms in total. The topological polar surface area (TPSA) is 87.6 Å². The number of allylic oxidation sites excluding steroid dienone is 1. The van der Waals surface area contributed by atoms with E-state index in [9.17, 15) is 9.18 Å². The molecule has 0 amide bonds. The van der Waals surface area contributed by atoms with Crippen molar-refractivity contribution in [3.8, 4) is 5.75 Å². The van der Waals surface area contributed by atoms with E-state index < -0.39 is 11.8 Å². The summed E-state index contributed by atoms with van der Waals surface area (Å²) in [5.74, 6) is -0.690. The van der Waals surface area contributed by atoms with E-state index in [0.29, 0.717) is 23.5 Å². The Kier molecular flexibility index (Phi) is 10.6. The van der Waals surface area contributed by atoms with Crippen LogP contribution in [0.2, 0.25) is 0 Å². The predicted octanol–water partition coefficient (Wildman–Crippen LogP) is 4.36. The Morgan fingerprint density at radius 1 is 1.15 bits per heavy atom. The molecule has 0 fully saturated rings. The fourth-order valence-electron chi connectivity index (χ4n) is 2.96. The number of oxime groups is 1. The lowest BCUT2D eigenvalue weighted by atomic mass is 10.0. The molecule has 0 aliphatic heterocycles. The van der Waals surface area contributed by atoms with E-state index in [4.69, 9.17) is 23.9 Å². The average Bonchev–Trinajstić information content (AvgIpc) is 2.85. The van der Waals surface area contributed by atoms with E-state index in [1.165, 1.54) is 39.7 Å². The number of rotatable bonds is 13. The van der Waals surface area contributed by atoms with E-state index in [2.05, 4.69) is 17.2 Å². The van der Waals surface area contributed by atoms with Crippen molar-refractivity contribution in [3.63, 3.8) is 0 Å². The first-order valence-corrected chi connectivity index (χ1v) is 10.5. The van der Waals surface area contributed by atoms with Gasteiger partial charge in [-0.2, -0.15) is 0 Å². The molecule has 1 N–H and O–H groups in total. The van der Waals surface area contributed by atoms with Gasteiger partial charge in [0.2, 0.25) is 0 Å². The minimum absolute atomic E-state index is 0.0415. The normalized spacial score (nSPS) is 11.6. The van der Waals surface area contributed by atoms with Gasteiger partial charge in [0.25, 0.3) is 0 Å². The Labute approximate surface area is 198 Å². The lowest BCUT2D eigenvalue weighted by Gasteiger charge is -2.15. The summed E-state index contributed by atoms with van der Waals surface area (Å²) in [4.78, 5) is 22.6. The van der Waals surface area contributed by atoms with Gasteiger partial charge in [0.1, 0.15) is 36.6 Å². The zero-order valence-corrected chi connectivity index (χ0v) is 19.7. The SMILES string of the molecule is C=C(NOCc1ccccc1C(=COC)C(=O)OC)C(=NOC)c1ccc(OCCC)cc1F. The highest BCUT2D eigenvalue weighted by molar-refractivity contribution is 6.16. The van der Waals surface area contributed by atoms with E-state index in [-0.39, 0.29) is 29.2 Å². The molecule has 0 saturated heterocycles. The molecule has 9 heteroatoms. The van der Waals surface area contributed by atoms with Crippen LogP contribution in [0.4, 0.5) is 4.39 Å². The molecule has 0 spiro atoms. The summed E-state index contributed by atoms with van der Waals surface area (Å²) in [5.41, 5.74) is 4.58. The monoisotopic (exact) mass is 472 g/mol. The lowest BCUT2D eigenvalue weighted by Crippen LogP contribution is -2.22. The van der Waals surface area contributed by atoms with Gasteiger partial charge in [-0.05, 0) is 29.7 Å². The number of halogens is 1. The molecule has 0 bridgehead atoms. The highest BCUT2D eigenvalue weighted by Gasteiger charge is 2.18. The van der Waals surface area contributed by atoms with E-state index in [0.717, 1.165) is 6.42 Å². The molecule has 0 aliphatic carbocycles. The van der Waals surface area contributed by atoms with Gasteiger partial charge in [0.15, 0.2) is 0 Å². The summed E-state index contributed by atoms with van der Waals surface area (Å²) in [6, 6.07) is 11.5. The zero-order chi connectivity index (χ0) is 24.9. The fraction of sp³-hybridized carbons (Fsp3) is 0.280. The van der Waals surface area contributed by atoms with E-state index >= 15 is 0 Å². The van der Waals surface area contributed by atoms with Crippen LogP contribution < -0.4 is 10.2 Å². The van der Waals surface area contributed by atoms with Crippen molar-refractivity contribution >= 4 is 17.3 Å². The number of hydroxylamine groups is 1. The molecular weight excluding hydrogens is 443 g/mol. The largest absolute Gasteiger partial charge is 0.503 e. The third kappa shape index (κ3) is 7.08. The van der Waals surface area contributed by atoms with Gasteiger partial charge in [-0.25, -0.2) is 9.18 Å². The number of hydrogen-bond donors (Lipinski definition) is 1. The summed E-state index contributed by atoms with van der Waals surface area (Å²) in [7, 11) is 4.07. The van der Waals surface area contributed by atoms with Gasteiger partial charge >= 0.3 is 5.97 Å². The summed E-state index contributed by atoms with van der Waals surface area (Å²) < 4.78 is 30.0. The van der Waals surface area contributed by atoms with Crippen molar-refractivity contribution in [2.75, 3.05) is 27.9 Å². The van der Waals surface area contributed by atoms with Crippen LogP contribution in [-0.4, -0.2) is 39.6 Å². The average molecular weight is 473 g/mol. The Balaban J connectivity index is 2.16. The quantitative estimate of drug-likeness (QED) is 0.152. The zero-order valence-electron chi connectivity index (χ0n) is 19.7. The molecular formula is C25H29FN2O6. The second-order valence-corrected chi connectivity index (χ2v) is 6.90. The van der Waals surface area contributed by atoms with Crippen LogP contribution in [0.15, 0.2) is 66.2 Å². The van der Waals surface area contributed by atoms with Crippen molar-refractivity contribution in [1.29, 1.82) is 0 Å². The van der Waals surface area contributed by atoms with Crippen molar-refractivity contribution in [3.05, 3.63) is 83.5 Å². The maximum atomic E-state index is 14.7. The van der Waals surface area contributed by atoms with Crippen molar-refractivity contribution < 1.29 is 33.1 Å². The second-order valence-electron chi connectivity index (χ2n) is 6.90. The lowest BCUT2D eigenvalue weighted by molar-refractivity contribution is -0.133. The van der Waals surface area contributed by atoms with Crippen molar-refractivity contribution in [2.24, 2.45) is 5.16 Å². The molecule has 0 saturated carbocycles. The Morgan fingerprint density at radius 3 is 2.56 bits per heavy atom. The van der Waals surface area contributed by atoms with Crippen LogP contribution in [0.5, 0.6) is 5.75 Å². The summed E-state index contributed by atoms with van der Waals surface area (Å²) >= 11 is 0. The van der Waals surface area contributed by atoms with Crippen molar-refractivity contribution in [2.45, 2.75) is 20.0 Å². The summed E-state index contributed by atoms with van der Waals surface area (Å²) in [6.45, 7) is 6.36. The molecule has 34 heavy (non-hydrogen) atoms. The van der Waals surface area contributed by atoms with Crippen LogP contribution in [0, 0.1) is 5.82 Å². The van der Waals surface area contributed by atoms with Gasteiger partial charge in [0, 0.05) is 11.6 Å². The summed E-state index contributed by atoms with van der Waals surface area (Å²) in [5, 5.41) is 3.88. The summed E-state index contributed by atoms with van der Waals surface area (Å²) in [6.07, 6.45) is 2.11. The molecule has 0 radical (unpaired) electrons. The van der Waals surface area contributed by atoms with Crippen LogP contribution in [0.1, 0.15) is 30.0 Å². The number of methoxy groups -OCH3 is 2. The number of carbonyl (C=O) groups is 1. The number of ether oxygens (including phenoxy) is 3. The number of nitrogens with zero attached hydrogens (tertiary/aromatic N) is 1. The molecule has 2 rings (SSSR count). The Morgan fingerprint density at radius 2 is 1.91 bits per heavy atom. The molecule has 0 aliphatic rings. The first-order chi connectivity index (χ1) is 16.5. The number of benzene rings is 2. The number of nitrogens with one attached hydrogen (secondary N) is 1. The smallest absolute Gasteiger partial charge is 0.341 e. The first kappa shape index (κ1) is 26.4. The minimum Gasteiger partial charge on any atom is -0.503 e. The highest BCUT2D eigenvalue weighted by Crippen LogP contribution is 2.22. The maximum Gasteiger partial charge on any atom is 0.341 e. The molecule has 0 aromatic heterocycles. The van der Waals surface area contributed by atoms with Gasteiger partial charge in [-0.15, -0.1) is 0 Å². The minimum atomic E-state index is -0.553. The van der Waals surface area contributed by atoms with Crippen LogP contribution in [-0.2, 0) is 30.6 Å². The number of carbonyl (C=O) groups excluding carboxylic acids is 1. The maximum absolute atomic E-state index is 14.7. The van der Waals surface area contributed by atoms with E-state index in [1.54, 1.807) is 30.3 Å². The molecule has 182 valence electrons. The molecule has 0 atom stereocenters. The molecule has 0 unspecified atom stereocenters. The van der Waals surface area contributed by atoms with Gasteiger partial charge in [0.05, 0.1) is 32.8 Å². The third-order valence-corrected chi connectivity index (χ3v) is 4.51. The van der Waals surface area contributed by atoms with Gasteiger partial charge < -0.3 is 19.0 Å². The molecule has 2 aromatic rings. The first-order valence-electron chi connectivity index (χ1n) is 10.5. The van der Waals surface area contributed by atoms with Crippen LogP contribution in [0.3, 0.4) is 0 Å². The van der Waals surface area contributed by atoms with E-state index in [1.807, 2.05) is 6.92 Å². The van der Waals surface area contributed by atoms with Crippen molar-refractivity contribution in [1.82, 2.24) is 5.48 Å². The number of esters is 1. The number of hydrogen-bond acceptors (Lipinski definition) is 8. The van der Waals surface area contributed by atoms with Crippen LogP contribution in [0.25, 0.3) is 5.57 Å². The van der Waals surface area contributed by atoms with Gasteiger partial charge in [-0.1, -0.05) is 42.9 Å². The fourth-order valence-corrected chi connectivity index (χ4v) is 2.96. The highest BCUT2D eigenvalue weighted by atomic mass is 19.1. The van der Waals surface area contributed by atoms with Gasteiger partial charge in [-0.3, -0.25) is 10.3 Å². The van der Waals surface area contributed by atoms with Crippen LogP contribution >= 0.6 is 0 Å². The standard InChI is InChI=1S/C25H29FN2O6/c1-6-13-33-19-11-12-21(23(26)14-19)24(28-32-5)17(2)27-34-15-18-9-7-8-10-20(18)22(16-30-3)25(29)31-4/h7-12,14,16,27H,2,6,13,15H2,1,3-5H3. The molecule has 2 aromatic carbocycles. The molecule has 0 heterocycles. The predicted molar refractivity (Wildman–Crippen MR) is 126 cm³/mol.